The third kappa shape index (κ3) is 5.07. The minimum absolute atomic E-state index is 0.0130. The summed E-state index contributed by atoms with van der Waals surface area (Å²) in [5.74, 6) is 0.909. The van der Waals surface area contributed by atoms with Gasteiger partial charge in [-0.25, -0.2) is 4.79 Å². The summed E-state index contributed by atoms with van der Waals surface area (Å²) in [7, 11) is 0. The molecule has 0 bridgehead atoms. The highest BCUT2D eigenvalue weighted by atomic mass is 32.2. The number of piperazine rings is 1. The van der Waals surface area contributed by atoms with Crippen LogP contribution in [0, 0.1) is 0 Å². The van der Waals surface area contributed by atoms with Crippen molar-refractivity contribution in [3.05, 3.63) is 0 Å². The van der Waals surface area contributed by atoms with Gasteiger partial charge in [0.25, 0.3) is 0 Å². The van der Waals surface area contributed by atoms with Gasteiger partial charge in [0.2, 0.25) is 5.91 Å². The van der Waals surface area contributed by atoms with E-state index in [1.165, 1.54) is 0 Å². The second-order valence-electron chi connectivity index (χ2n) is 5.16. The molecule has 0 aromatic rings. The molecule has 3 amide bonds. The first kappa shape index (κ1) is 18.1. The summed E-state index contributed by atoms with van der Waals surface area (Å²) in [6.45, 7) is 7.74. The van der Waals surface area contributed by atoms with Crippen molar-refractivity contribution in [3.8, 4) is 0 Å². The molecule has 21 heavy (non-hydrogen) atoms. The Morgan fingerprint density at radius 3 is 2.14 bits per heavy atom. The Kier molecular flexibility index (Phi) is 7.88. The predicted octanol–water partition coefficient (Wildman–Crippen LogP) is 0.673. The zero-order valence-electron chi connectivity index (χ0n) is 13.4. The number of thioether (sulfide) groups is 1. The van der Waals surface area contributed by atoms with Crippen LogP contribution in [0.3, 0.4) is 0 Å². The van der Waals surface area contributed by atoms with E-state index in [9.17, 15) is 9.59 Å². The lowest BCUT2D eigenvalue weighted by Crippen LogP contribution is -2.56. The summed E-state index contributed by atoms with van der Waals surface area (Å²) in [6, 6.07) is -0.346. The SMILES string of the molecule is CCN(CC)C(=O)N1CCN(C(=O)[C@H](N)CCSC)CC1. The number of nitrogens with two attached hydrogens (primary N) is 1. The fraction of sp³-hybridized carbons (Fsp3) is 0.857. The smallest absolute Gasteiger partial charge is 0.320 e. The molecule has 1 aliphatic heterocycles. The third-order valence-electron chi connectivity index (χ3n) is 3.85. The van der Waals surface area contributed by atoms with Crippen LogP contribution in [-0.2, 0) is 4.79 Å². The summed E-state index contributed by atoms with van der Waals surface area (Å²) in [5.41, 5.74) is 5.93. The lowest BCUT2D eigenvalue weighted by Gasteiger charge is -2.38. The van der Waals surface area contributed by atoms with Gasteiger partial charge >= 0.3 is 6.03 Å². The van der Waals surface area contributed by atoms with Gasteiger partial charge in [-0.2, -0.15) is 11.8 Å². The Bertz CT molecular complexity index is 342. The van der Waals surface area contributed by atoms with E-state index < -0.39 is 6.04 Å². The minimum Gasteiger partial charge on any atom is -0.338 e. The second-order valence-corrected chi connectivity index (χ2v) is 6.14. The lowest BCUT2D eigenvalue weighted by molar-refractivity contribution is -0.134. The Balaban J connectivity index is 2.44. The van der Waals surface area contributed by atoms with Gasteiger partial charge in [-0.3, -0.25) is 4.79 Å². The van der Waals surface area contributed by atoms with Crippen LogP contribution in [-0.4, -0.2) is 84.0 Å². The van der Waals surface area contributed by atoms with Gasteiger partial charge in [-0.15, -0.1) is 0 Å². The molecule has 7 heteroatoms. The molecule has 1 rings (SSSR count). The van der Waals surface area contributed by atoms with Gasteiger partial charge in [-0.1, -0.05) is 0 Å². The fourth-order valence-corrected chi connectivity index (χ4v) is 2.90. The Morgan fingerprint density at radius 2 is 1.67 bits per heavy atom. The Labute approximate surface area is 132 Å². The van der Waals surface area contributed by atoms with E-state index in [1.807, 2.05) is 29.9 Å². The van der Waals surface area contributed by atoms with E-state index in [0.717, 1.165) is 5.75 Å². The van der Waals surface area contributed by atoms with E-state index in [-0.39, 0.29) is 11.9 Å². The van der Waals surface area contributed by atoms with Crippen LogP contribution in [0.2, 0.25) is 0 Å². The van der Waals surface area contributed by atoms with Crippen LogP contribution in [0.25, 0.3) is 0 Å². The Morgan fingerprint density at radius 1 is 1.14 bits per heavy atom. The summed E-state index contributed by atoms with van der Waals surface area (Å²) in [6.07, 6.45) is 2.72. The average molecular weight is 316 g/mol. The van der Waals surface area contributed by atoms with Crippen molar-refractivity contribution in [3.63, 3.8) is 0 Å². The molecule has 1 saturated heterocycles. The van der Waals surface area contributed by atoms with Gasteiger partial charge < -0.3 is 20.4 Å². The molecule has 122 valence electrons. The first-order valence-electron chi connectivity index (χ1n) is 7.62. The van der Waals surface area contributed by atoms with Crippen LogP contribution in [0.5, 0.6) is 0 Å². The second kappa shape index (κ2) is 9.15. The largest absolute Gasteiger partial charge is 0.338 e. The molecule has 0 unspecified atom stereocenters. The first-order chi connectivity index (χ1) is 10.0. The number of rotatable bonds is 6. The molecule has 1 heterocycles. The highest BCUT2D eigenvalue weighted by molar-refractivity contribution is 7.98. The third-order valence-corrected chi connectivity index (χ3v) is 4.49. The maximum Gasteiger partial charge on any atom is 0.320 e. The molecule has 1 aliphatic rings. The molecular formula is C14H28N4O2S. The maximum absolute atomic E-state index is 12.2. The van der Waals surface area contributed by atoms with Crippen LogP contribution in [0.4, 0.5) is 4.79 Å². The minimum atomic E-state index is -0.414. The van der Waals surface area contributed by atoms with Crippen LogP contribution in [0.15, 0.2) is 0 Å². The average Bonchev–Trinajstić information content (AvgIpc) is 2.53. The van der Waals surface area contributed by atoms with Gasteiger partial charge in [-0.05, 0) is 32.3 Å². The fourth-order valence-electron chi connectivity index (χ4n) is 2.42. The van der Waals surface area contributed by atoms with Crippen molar-refractivity contribution in [1.29, 1.82) is 0 Å². The van der Waals surface area contributed by atoms with E-state index in [2.05, 4.69) is 0 Å². The number of amides is 3. The van der Waals surface area contributed by atoms with Gasteiger partial charge in [0.05, 0.1) is 6.04 Å². The summed E-state index contributed by atoms with van der Waals surface area (Å²) >= 11 is 1.70. The number of hydrogen-bond donors (Lipinski definition) is 1. The maximum atomic E-state index is 12.2. The molecule has 0 radical (unpaired) electrons. The van der Waals surface area contributed by atoms with Crippen LogP contribution < -0.4 is 5.73 Å². The lowest BCUT2D eigenvalue weighted by atomic mass is 10.2. The van der Waals surface area contributed by atoms with Gasteiger partial charge in [0, 0.05) is 39.3 Å². The van der Waals surface area contributed by atoms with Crippen LogP contribution in [0.1, 0.15) is 20.3 Å². The van der Waals surface area contributed by atoms with Gasteiger partial charge in [0.15, 0.2) is 0 Å². The molecule has 2 N–H and O–H groups in total. The van der Waals surface area contributed by atoms with E-state index in [4.69, 9.17) is 5.73 Å². The first-order valence-corrected chi connectivity index (χ1v) is 9.01. The number of urea groups is 1. The molecule has 0 aliphatic carbocycles. The van der Waals surface area contributed by atoms with Crippen molar-refractivity contribution >= 4 is 23.7 Å². The van der Waals surface area contributed by atoms with E-state index >= 15 is 0 Å². The monoisotopic (exact) mass is 316 g/mol. The molecule has 0 aromatic heterocycles. The summed E-state index contributed by atoms with van der Waals surface area (Å²) in [4.78, 5) is 29.9. The van der Waals surface area contributed by atoms with Crippen molar-refractivity contribution in [2.75, 3.05) is 51.3 Å². The molecule has 0 aromatic carbocycles. The van der Waals surface area contributed by atoms with Crippen molar-refractivity contribution in [1.82, 2.24) is 14.7 Å². The molecule has 1 fully saturated rings. The van der Waals surface area contributed by atoms with Crippen molar-refractivity contribution < 1.29 is 9.59 Å². The van der Waals surface area contributed by atoms with Crippen molar-refractivity contribution in [2.45, 2.75) is 26.3 Å². The number of carbonyl (C=O) groups excluding carboxylic acids is 2. The van der Waals surface area contributed by atoms with Crippen molar-refractivity contribution in [2.24, 2.45) is 5.73 Å². The van der Waals surface area contributed by atoms with Crippen LogP contribution >= 0.6 is 11.8 Å². The molecule has 0 spiro atoms. The zero-order valence-corrected chi connectivity index (χ0v) is 14.2. The molecule has 0 saturated carbocycles. The van der Waals surface area contributed by atoms with E-state index in [1.54, 1.807) is 16.7 Å². The standard InChI is InChI=1S/C14H28N4O2S/c1-4-16(5-2)14(20)18-9-7-17(8-10-18)13(19)12(15)6-11-21-3/h12H,4-11,15H2,1-3H3/t12-/m1/s1. The number of nitrogens with zero attached hydrogens (tertiary/aromatic N) is 3. The zero-order chi connectivity index (χ0) is 15.8. The highest BCUT2D eigenvalue weighted by Gasteiger charge is 2.28. The predicted molar refractivity (Wildman–Crippen MR) is 87.4 cm³/mol. The quantitative estimate of drug-likeness (QED) is 0.782. The number of hydrogen-bond acceptors (Lipinski definition) is 4. The Hall–Kier alpha value is -0.950. The van der Waals surface area contributed by atoms with Gasteiger partial charge in [0.1, 0.15) is 0 Å². The normalized spacial score (nSPS) is 16.8. The highest BCUT2D eigenvalue weighted by Crippen LogP contribution is 2.09. The topological polar surface area (TPSA) is 69.9 Å². The summed E-state index contributed by atoms with van der Waals surface area (Å²) < 4.78 is 0. The molecule has 6 nitrogen and oxygen atoms in total. The molecular weight excluding hydrogens is 288 g/mol. The number of carbonyl (C=O) groups is 2. The summed E-state index contributed by atoms with van der Waals surface area (Å²) in [5, 5.41) is 0. The molecule has 1 atom stereocenters. The van der Waals surface area contributed by atoms with E-state index in [0.29, 0.717) is 45.7 Å².